The van der Waals surface area contributed by atoms with E-state index < -0.39 is 0 Å². The molecule has 0 aliphatic heterocycles. The van der Waals surface area contributed by atoms with Gasteiger partial charge in [0.25, 0.3) is 0 Å². The molecule has 4 rings (SSSR count). The van der Waals surface area contributed by atoms with E-state index in [2.05, 4.69) is 58.9 Å². The minimum Gasteiger partial charge on any atom is -0.457 e. The third-order valence-electron chi connectivity index (χ3n) is 6.19. The molecule has 1 atom stereocenters. The van der Waals surface area contributed by atoms with Gasteiger partial charge in [0.1, 0.15) is 11.5 Å². The van der Waals surface area contributed by atoms with E-state index >= 15 is 0 Å². The molecule has 0 amide bonds. The standard InChI is InChI=1S/C29H33N3O/c1-20(2)24-15-11-16-25(21(3)4)28(24)32-19-18-31(29(32)30)22(5)26-14-9-10-17-27(26)33-23-12-7-6-8-13-23/h6-22,30H,1-5H3. The van der Waals surface area contributed by atoms with E-state index in [0.717, 1.165) is 22.7 Å². The van der Waals surface area contributed by atoms with Crippen LogP contribution in [0.5, 0.6) is 11.5 Å². The van der Waals surface area contributed by atoms with Gasteiger partial charge >= 0.3 is 0 Å². The Labute approximate surface area is 196 Å². The van der Waals surface area contributed by atoms with Crippen molar-refractivity contribution in [2.45, 2.75) is 52.5 Å². The van der Waals surface area contributed by atoms with Crippen LogP contribution in [0.15, 0.2) is 85.2 Å². The molecule has 1 N–H and O–H groups in total. The number of rotatable bonds is 7. The number of imidazole rings is 1. The summed E-state index contributed by atoms with van der Waals surface area (Å²) in [5.41, 5.74) is 5.15. The first-order valence-corrected chi connectivity index (χ1v) is 11.7. The van der Waals surface area contributed by atoms with Crippen LogP contribution < -0.4 is 10.4 Å². The lowest BCUT2D eigenvalue weighted by Crippen LogP contribution is -2.27. The molecular weight excluding hydrogens is 406 g/mol. The molecule has 4 aromatic rings. The monoisotopic (exact) mass is 439 g/mol. The number of benzene rings is 3. The maximum absolute atomic E-state index is 9.10. The summed E-state index contributed by atoms with van der Waals surface area (Å²) in [6.45, 7) is 11.0. The molecule has 0 aliphatic carbocycles. The van der Waals surface area contributed by atoms with E-state index in [1.165, 1.54) is 11.1 Å². The summed E-state index contributed by atoms with van der Waals surface area (Å²) in [6, 6.07) is 24.3. The van der Waals surface area contributed by atoms with E-state index in [9.17, 15) is 0 Å². The van der Waals surface area contributed by atoms with E-state index in [-0.39, 0.29) is 6.04 Å². The Balaban J connectivity index is 1.77. The molecule has 0 radical (unpaired) electrons. The second-order valence-corrected chi connectivity index (χ2v) is 9.12. The van der Waals surface area contributed by atoms with Gasteiger partial charge in [-0.3, -0.25) is 9.98 Å². The van der Waals surface area contributed by atoms with Crippen molar-refractivity contribution in [2.24, 2.45) is 0 Å². The molecule has 0 spiro atoms. The maximum Gasteiger partial charge on any atom is 0.207 e. The summed E-state index contributed by atoms with van der Waals surface area (Å²) >= 11 is 0. The fraction of sp³-hybridized carbons (Fsp3) is 0.276. The van der Waals surface area contributed by atoms with Crippen LogP contribution in [0, 0.1) is 5.41 Å². The number of ether oxygens (including phenoxy) is 1. The van der Waals surface area contributed by atoms with E-state index in [4.69, 9.17) is 10.1 Å². The molecular formula is C29H33N3O. The summed E-state index contributed by atoms with van der Waals surface area (Å²) in [7, 11) is 0. The van der Waals surface area contributed by atoms with E-state index in [1.54, 1.807) is 0 Å². The molecule has 0 saturated carbocycles. The van der Waals surface area contributed by atoms with Gasteiger partial charge in [0, 0.05) is 18.0 Å². The summed E-state index contributed by atoms with van der Waals surface area (Å²) in [5.74, 6) is 2.34. The minimum atomic E-state index is -0.0626. The molecule has 0 bridgehead atoms. The van der Waals surface area contributed by atoms with Crippen molar-refractivity contribution < 1.29 is 4.74 Å². The van der Waals surface area contributed by atoms with Crippen molar-refractivity contribution in [1.29, 1.82) is 5.41 Å². The minimum absolute atomic E-state index is 0.0626. The topological polar surface area (TPSA) is 42.9 Å². The Morgan fingerprint density at radius 2 is 1.24 bits per heavy atom. The fourth-order valence-electron chi connectivity index (χ4n) is 4.37. The van der Waals surface area contributed by atoms with Crippen molar-refractivity contribution in [3.8, 4) is 17.2 Å². The molecule has 4 heteroatoms. The molecule has 1 heterocycles. The van der Waals surface area contributed by atoms with Crippen LogP contribution in [0.2, 0.25) is 0 Å². The number of hydrogen-bond acceptors (Lipinski definition) is 2. The van der Waals surface area contributed by atoms with Crippen LogP contribution in [-0.4, -0.2) is 9.13 Å². The third-order valence-corrected chi connectivity index (χ3v) is 6.19. The molecule has 0 fully saturated rings. The predicted molar refractivity (Wildman–Crippen MR) is 135 cm³/mol. The van der Waals surface area contributed by atoms with Gasteiger partial charge in [-0.1, -0.05) is 82.3 Å². The fourth-order valence-corrected chi connectivity index (χ4v) is 4.37. The third kappa shape index (κ3) is 4.51. The number of nitrogens with one attached hydrogen (secondary N) is 1. The van der Waals surface area contributed by atoms with Gasteiger partial charge in [-0.05, 0) is 48.1 Å². The molecule has 1 aromatic heterocycles. The first-order chi connectivity index (χ1) is 15.9. The maximum atomic E-state index is 9.10. The molecule has 3 aromatic carbocycles. The Hall–Kier alpha value is -3.53. The van der Waals surface area contributed by atoms with Crippen molar-refractivity contribution in [1.82, 2.24) is 9.13 Å². The quantitative estimate of drug-likeness (QED) is 0.320. The summed E-state index contributed by atoms with van der Waals surface area (Å²) in [6.07, 6.45) is 4.03. The molecule has 1 unspecified atom stereocenters. The van der Waals surface area contributed by atoms with Crippen LogP contribution in [0.3, 0.4) is 0 Å². The Bertz CT molecular complexity index is 1260. The van der Waals surface area contributed by atoms with E-state index in [0.29, 0.717) is 17.5 Å². The average Bonchev–Trinajstić information content (AvgIpc) is 3.20. The second kappa shape index (κ2) is 9.53. The highest BCUT2D eigenvalue weighted by molar-refractivity contribution is 5.51. The highest BCUT2D eigenvalue weighted by Crippen LogP contribution is 2.33. The van der Waals surface area contributed by atoms with Crippen LogP contribution in [0.25, 0.3) is 5.69 Å². The Morgan fingerprint density at radius 3 is 1.88 bits per heavy atom. The SMILES string of the molecule is CC(C)c1cccc(C(C)C)c1-n1ccn(C(C)c2ccccc2Oc2ccccc2)c1=N. The lowest BCUT2D eigenvalue weighted by Gasteiger charge is -2.21. The smallest absolute Gasteiger partial charge is 0.207 e. The van der Waals surface area contributed by atoms with Crippen LogP contribution in [0.4, 0.5) is 0 Å². The van der Waals surface area contributed by atoms with Gasteiger partial charge in [0.15, 0.2) is 0 Å². The zero-order chi connectivity index (χ0) is 23.5. The van der Waals surface area contributed by atoms with E-state index in [1.807, 2.05) is 70.1 Å². The second-order valence-electron chi connectivity index (χ2n) is 9.12. The lowest BCUT2D eigenvalue weighted by atomic mass is 9.92. The normalized spacial score (nSPS) is 12.3. The van der Waals surface area contributed by atoms with Gasteiger partial charge in [0.2, 0.25) is 5.62 Å². The Morgan fingerprint density at radius 1 is 0.667 bits per heavy atom. The van der Waals surface area contributed by atoms with Crippen molar-refractivity contribution in [2.75, 3.05) is 0 Å². The summed E-state index contributed by atoms with van der Waals surface area (Å²) in [5, 5.41) is 9.10. The van der Waals surface area contributed by atoms with Gasteiger partial charge in [-0.15, -0.1) is 0 Å². The van der Waals surface area contributed by atoms with Crippen LogP contribution >= 0.6 is 0 Å². The van der Waals surface area contributed by atoms with Crippen molar-refractivity contribution in [3.63, 3.8) is 0 Å². The predicted octanol–water partition coefficient (Wildman–Crippen LogP) is 7.41. The first-order valence-electron chi connectivity index (χ1n) is 11.7. The van der Waals surface area contributed by atoms with Gasteiger partial charge in [-0.2, -0.15) is 0 Å². The largest absolute Gasteiger partial charge is 0.457 e. The van der Waals surface area contributed by atoms with Crippen molar-refractivity contribution in [3.05, 3.63) is 107 Å². The van der Waals surface area contributed by atoms with Crippen LogP contribution in [-0.2, 0) is 0 Å². The Kier molecular flexibility index (Phi) is 6.55. The molecule has 170 valence electrons. The lowest BCUT2D eigenvalue weighted by molar-refractivity contribution is 0.462. The molecule has 4 nitrogen and oxygen atoms in total. The highest BCUT2D eigenvalue weighted by atomic mass is 16.5. The first kappa shape index (κ1) is 22.7. The van der Waals surface area contributed by atoms with Crippen LogP contribution in [0.1, 0.15) is 69.2 Å². The zero-order valence-corrected chi connectivity index (χ0v) is 20.1. The summed E-state index contributed by atoms with van der Waals surface area (Å²) < 4.78 is 10.2. The van der Waals surface area contributed by atoms with Gasteiger partial charge < -0.3 is 9.30 Å². The number of hydrogen-bond donors (Lipinski definition) is 1. The molecule has 0 aliphatic rings. The van der Waals surface area contributed by atoms with Gasteiger partial charge in [-0.25, -0.2) is 0 Å². The average molecular weight is 440 g/mol. The summed E-state index contributed by atoms with van der Waals surface area (Å²) in [4.78, 5) is 0. The number of aromatic nitrogens is 2. The van der Waals surface area contributed by atoms with Crippen molar-refractivity contribution >= 4 is 0 Å². The zero-order valence-electron chi connectivity index (χ0n) is 20.1. The highest BCUT2D eigenvalue weighted by Gasteiger charge is 2.20. The van der Waals surface area contributed by atoms with Gasteiger partial charge in [0.05, 0.1) is 11.7 Å². The number of para-hydroxylation sites is 3. The molecule has 33 heavy (non-hydrogen) atoms. The molecule has 0 saturated heterocycles. The number of nitrogens with zero attached hydrogens (tertiary/aromatic N) is 2.